The molecular formula is C18H12F6N2O2. The smallest absolute Gasteiger partial charge is 0.323 e. The Bertz CT molecular complexity index is 870. The number of hydrogen-bond donors (Lipinski definition) is 2. The summed E-state index contributed by atoms with van der Waals surface area (Å²) in [6.07, 6.45) is -9.08. The van der Waals surface area contributed by atoms with Crippen molar-refractivity contribution in [2.45, 2.75) is 12.4 Å². The van der Waals surface area contributed by atoms with Gasteiger partial charge in [0.05, 0.1) is 11.1 Å². The lowest BCUT2D eigenvalue weighted by Gasteiger charge is -2.14. The molecule has 0 unspecified atom stereocenters. The summed E-state index contributed by atoms with van der Waals surface area (Å²) in [7, 11) is 0. The first-order chi connectivity index (χ1) is 12.9. The summed E-state index contributed by atoms with van der Waals surface area (Å²) < 4.78 is 77.2. The van der Waals surface area contributed by atoms with E-state index in [1.54, 1.807) is 0 Å². The van der Waals surface area contributed by atoms with E-state index in [9.17, 15) is 35.9 Å². The Hall–Kier alpha value is -3.30. The Morgan fingerprint density at radius 3 is 1.61 bits per heavy atom. The number of halogens is 6. The summed E-state index contributed by atoms with van der Waals surface area (Å²) >= 11 is 0. The van der Waals surface area contributed by atoms with Crippen LogP contribution in [-0.4, -0.2) is 11.8 Å². The number of anilines is 2. The third-order valence-electron chi connectivity index (χ3n) is 3.45. The minimum Gasteiger partial charge on any atom is -0.323 e. The van der Waals surface area contributed by atoms with Crippen LogP contribution in [0.4, 0.5) is 37.7 Å². The standard InChI is InChI=1S/C18H12F6N2O2/c1-2-15(27)25-13-3-5-14(6-4-13)26-16(28)10-7-11(17(19,20)21)9-12(8-10)18(22,23)24/h2-9H,1H2,(H,25,27)(H,26,28). The molecule has 0 saturated heterocycles. The number of carbonyl (C=O) groups excluding carboxylic acids is 2. The van der Waals surface area contributed by atoms with Gasteiger partial charge in [-0.25, -0.2) is 0 Å². The molecule has 0 aliphatic carbocycles. The number of hydrogen-bond acceptors (Lipinski definition) is 2. The Morgan fingerprint density at radius 1 is 0.786 bits per heavy atom. The van der Waals surface area contributed by atoms with Crippen molar-refractivity contribution in [1.29, 1.82) is 0 Å². The predicted octanol–water partition coefficient (Wildman–Crippen LogP) is 5.10. The quantitative estimate of drug-likeness (QED) is 0.552. The third-order valence-corrected chi connectivity index (χ3v) is 3.45. The van der Waals surface area contributed by atoms with Gasteiger partial charge in [-0.15, -0.1) is 0 Å². The first kappa shape index (κ1) is 21.0. The molecule has 10 heteroatoms. The van der Waals surface area contributed by atoms with Crippen LogP contribution < -0.4 is 10.6 Å². The van der Waals surface area contributed by atoms with Crippen LogP contribution in [0.3, 0.4) is 0 Å². The molecule has 2 aromatic rings. The lowest BCUT2D eigenvalue weighted by Crippen LogP contribution is -2.17. The number of rotatable bonds is 4. The van der Waals surface area contributed by atoms with E-state index in [0.29, 0.717) is 17.8 Å². The largest absolute Gasteiger partial charge is 0.416 e. The molecule has 148 valence electrons. The molecule has 0 aliphatic heterocycles. The van der Waals surface area contributed by atoms with Gasteiger partial charge in [0.2, 0.25) is 5.91 Å². The van der Waals surface area contributed by atoms with E-state index >= 15 is 0 Å². The van der Waals surface area contributed by atoms with Gasteiger partial charge in [-0.05, 0) is 48.5 Å². The molecule has 0 fully saturated rings. The summed E-state index contributed by atoms with van der Waals surface area (Å²) in [5, 5.41) is 4.64. The van der Waals surface area contributed by atoms with Gasteiger partial charge in [-0.3, -0.25) is 9.59 Å². The van der Waals surface area contributed by atoms with Crippen molar-refractivity contribution in [3.63, 3.8) is 0 Å². The monoisotopic (exact) mass is 402 g/mol. The maximum Gasteiger partial charge on any atom is 0.416 e. The molecule has 2 amide bonds. The highest BCUT2D eigenvalue weighted by atomic mass is 19.4. The van der Waals surface area contributed by atoms with Gasteiger partial charge < -0.3 is 10.6 Å². The summed E-state index contributed by atoms with van der Waals surface area (Å²) in [5.41, 5.74) is -3.52. The van der Waals surface area contributed by atoms with Crippen LogP contribution in [0.25, 0.3) is 0 Å². The van der Waals surface area contributed by atoms with Crippen molar-refractivity contribution >= 4 is 23.2 Å². The van der Waals surface area contributed by atoms with Gasteiger partial charge in [0.15, 0.2) is 0 Å². The molecule has 0 aromatic heterocycles. The molecule has 2 N–H and O–H groups in total. The van der Waals surface area contributed by atoms with Crippen molar-refractivity contribution < 1.29 is 35.9 Å². The Labute approximate surface area is 154 Å². The van der Waals surface area contributed by atoms with Crippen LogP contribution in [0.2, 0.25) is 0 Å². The minimum atomic E-state index is -5.05. The van der Waals surface area contributed by atoms with Gasteiger partial charge in [0.25, 0.3) is 5.91 Å². The molecule has 0 bridgehead atoms. The van der Waals surface area contributed by atoms with Crippen LogP contribution in [-0.2, 0) is 17.1 Å². The van der Waals surface area contributed by atoms with Crippen molar-refractivity contribution in [2.75, 3.05) is 10.6 Å². The minimum absolute atomic E-state index is 0.0616. The Balaban J connectivity index is 2.28. The second-order valence-electron chi connectivity index (χ2n) is 5.52. The molecule has 0 saturated carbocycles. The average Bonchev–Trinajstić information content (AvgIpc) is 2.61. The van der Waals surface area contributed by atoms with E-state index in [1.807, 2.05) is 0 Å². The highest BCUT2D eigenvalue weighted by molar-refractivity contribution is 6.05. The molecule has 4 nitrogen and oxygen atoms in total. The van der Waals surface area contributed by atoms with Gasteiger partial charge in [-0.2, -0.15) is 26.3 Å². The normalized spacial score (nSPS) is 11.6. The van der Waals surface area contributed by atoms with Crippen molar-refractivity contribution in [3.8, 4) is 0 Å². The number of benzene rings is 2. The predicted molar refractivity (Wildman–Crippen MR) is 89.7 cm³/mol. The zero-order valence-corrected chi connectivity index (χ0v) is 13.9. The molecular weight excluding hydrogens is 390 g/mol. The number of nitrogens with one attached hydrogen (secondary N) is 2. The Morgan fingerprint density at radius 2 is 1.21 bits per heavy atom. The van der Waals surface area contributed by atoms with Gasteiger partial charge >= 0.3 is 12.4 Å². The second kappa shape index (κ2) is 7.75. The zero-order valence-electron chi connectivity index (χ0n) is 13.9. The zero-order chi connectivity index (χ0) is 21.1. The fourth-order valence-electron chi connectivity index (χ4n) is 2.12. The van der Waals surface area contributed by atoms with E-state index in [4.69, 9.17) is 0 Å². The van der Waals surface area contributed by atoms with E-state index < -0.39 is 40.9 Å². The number of carbonyl (C=O) groups is 2. The molecule has 0 spiro atoms. The lowest BCUT2D eigenvalue weighted by molar-refractivity contribution is -0.143. The molecule has 0 radical (unpaired) electrons. The van der Waals surface area contributed by atoms with Gasteiger partial charge in [-0.1, -0.05) is 6.58 Å². The highest BCUT2D eigenvalue weighted by Crippen LogP contribution is 2.36. The number of alkyl halides is 6. The maximum absolute atomic E-state index is 12.9. The molecule has 28 heavy (non-hydrogen) atoms. The van der Waals surface area contributed by atoms with Crippen molar-refractivity contribution in [1.82, 2.24) is 0 Å². The first-order valence-electron chi connectivity index (χ1n) is 7.54. The molecule has 0 heterocycles. The Kier molecular flexibility index (Phi) is 5.81. The van der Waals surface area contributed by atoms with Crippen LogP contribution in [0.1, 0.15) is 21.5 Å². The fraction of sp³-hybridized carbons (Fsp3) is 0.111. The van der Waals surface area contributed by atoms with Crippen LogP contribution in [0, 0.1) is 0 Å². The van der Waals surface area contributed by atoms with E-state index in [-0.39, 0.29) is 11.8 Å². The van der Waals surface area contributed by atoms with E-state index in [1.165, 1.54) is 24.3 Å². The maximum atomic E-state index is 12.9. The summed E-state index contributed by atoms with van der Waals surface area (Å²) in [5.74, 6) is -1.64. The van der Waals surface area contributed by atoms with Crippen LogP contribution >= 0.6 is 0 Å². The van der Waals surface area contributed by atoms with Crippen LogP contribution in [0.5, 0.6) is 0 Å². The third kappa shape index (κ3) is 5.35. The summed E-state index contributed by atoms with van der Waals surface area (Å²) in [6.45, 7) is 3.27. The number of amides is 2. The van der Waals surface area contributed by atoms with E-state index in [2.05, 4.69) is 17.2 Å². The molecule has 0 aliphatic rings. The second-order valence-corrected chi connectivity index (χ2v) is 5.52. The van der Waals surface area contributed by atoms with Crippen molar-refractivity contribution in [2.24, 2.45) is 0 Å². The summed E-state index contributed by atoms with van der Waals surface area (Å²) in [6, 6.07) is 6.00. The van der Waals surface area contributed by atoms with Crippen molar-refractivity contribution in [3.05, 3.63) is 71.8 Å². The first-order valence-corrected chi connectivity index (χ1v) is 7.54. The van der Waals surface area contributed by atoms with Gasteiger partial charge in [0, 0.05) is 16.9 Å². The van der Waals surface area contributed by atoms with Gasteiger partial charge in [0.1, 0.15) is 0 Å². The molecule has 2 rings (SSSR count). The molecule has 0 atom stereocenters. The SMILES string of the molecule is C=CC(=O)Nc1ccc(NC(=O)c2cc(C(F)(F)F)cc(C(F)(F)F)c2)cc1. The van der Waals surface area contributed by atoms with E-state index in [0.717, 1.165) is 6.08 Å². The highest BCUT2D eigenvalue weighted by Gasteiger charge is 2.37. The fourth-order valence-corrected chi connectivity index (χ4v) is 2.12. The van der Waals surface area contributed by atoms with Crippen LogP contribution in [0.15, 0.2) is 55.1 Å². The molecule has 2 aromatic carbocycles. The summed E-state index contributed by atoms with van der Waals surface area (Å²) in [4.78, 5) is 23.3. The topological polar surface area (TPSA) is 58.2 Å². The lowest BCUT2D eigenvalue weighted by atomic mass is 10.0. The average molecular weight is 402 g/mol.